The highest BCUT2D eigenvalue weighted by atomic mass is 19.4. The van der Waals surface area contributed by atoms with Crippen LogP contribution in [0.4, 0.5) is 13.2 Å². The Labute approximate surface area is 83.1 Å². The molecule has 1 unspecified atom stereocenters. The van der Waals surface area contributed by atoms with E-state index in [0.717, 1.165) is 6.42 Å². The van der Waals surface area contributed by atoms with Gasteiger partial charge in [-0.3, -0.25) is 0 Å². The third-order valence-electron chi connectivity index (χ3n) is 3.67. The van der Waals surface area contributed by atoms with Gasteiger partial charge in [-0.05, 0) is 25.3 Å². The lowest BCUT2D eigenvalue weighted by atomic mass is 9.62. The zero-order valence-electron chi connectivity index (χ0n) is 8.96. The number of rotatable bonds is 1. The van der Waals surface area contributed by atoms with Gasteiger partial charge in [0.1, 0.15) is 5.54 Å². The van der Waals surface area contributed by atoms with E-state index in [9.17, 15) is 13.2 Å². The minimum absolute atomic E-state index is 0.194. The summed E-state index contributed by atoms with van der Waals surface area (Å²) >= 11 is 0. The normalized spacial score (nSPS) is 33.0. The van der Waals surface area contributed by atoms with E-state index >= 15 is 0 Å². The highest BCUT2D eigenvalue weighted by molar-refractivity contribution is 5.06. The van der Waals surface area contributed by atoms with Crippen molar-refractivity contribution in [2.24, 2.45) is 5.41 Å². The molecule has 4 heteroatoms. The van der Waals surface area contributed by atoms with Crippen LogP contribution in [0.3, 0.4) is 0 Å². The Bertz CT molecular complexity index is 210. The summed E-state index contributed by atoms with van der Waals surface area (Å²) in [5.74, 6) is 0. The van der Waals surface area contributed by atoms with Gasteiger partial charge in [0.25, 0.3) is 0 Å². The molecular weight excluding hydrogens is 191 g/mol. The molecule has 0 amide bonds. The molecule has 0 aromatic rings. The van der Waals surface area contributed by atoms with Crippen molar-refractivity contribution in [1.82, 2.24) is 5.32 Å². The van der Waals surface area contributed by atoms with Crippen LogP contribution in [0.1, 0.15) is 39.5 Å². The van der Waals surface area contributed by atoms with Crippen LogP contribution < -0.4 is 5.32 Å². The van der Waals surface area contributed by atoms with Gasteiger partial charge in [0.05, 0.1) is 0 Å². The summed E-state index contributed by atoms with van der Waals surface area (Å²) in [5, 5.41) is 2.52. The third-order valence-corrected chi connectivity index (χ3v) is 3.67. The molecule has 0 aromatic heterocycles. The van der Waals surface area contributed by atoms with Crippen LogP contribution in [0.2, 0.25) is 0 Å². The Morgan fingerprint density at radius 1 is 1.07 bits per heavy atom. The molecule has 0 radical (unpaired) electrons. The topological polar surface area (TPSA) is 12.0 Å². The molecule has 1 aliphatic rings. The lowest BCUT2D eigenvalue weighted by Gasteiger charge is -2.50. The van der Waals surface area contributed by atoms with Gasteiger partial charge in [-0.1, -0.05) is 26.7 Å². The first-order chi connectivity index (χ1) is 6.27. The molecule has 0 bridgehead atoms. The van der Waals surface area contributed by atoms with Gasteiger partial charge in [0.2, 0.25) is 0 Å². The van der Waals surface area contributed by atoms with Gasteiger partial charge in [0, 0.05) is 0 Å². The van der Waals surface area contributed by atoms with Crippen LogP contribution in [-0.2, 0) is 0 Å². The monoisotopic (exact) mass is 209 g/mol. The maximum atomic E-state index is 13.0. The standard InChI is InChI=1S/C10H18F3N/c1-8(2)6-4-5-7-9(8,14-3)10(11,12)13/h14H,4-7H2,1-3H3. The maximum Gasteiger partial charge on any atom is 0.407 e. The molecule has 84 valence electrons. The summed E-state index contributed by atoms with van der Waals surface area (Å²) in [4.78, 5) is 0. The van der Waals surface area contributed by atoms with E-state index in [0.29, 0.717) is 12.8 Å². The van der Waals surface area contributed by atoms with Crippen molar-refractivity contribution in [1.29, 1.82) is 0 Å². The average molecular weight is 209 g/mol. The highest BCUT2D eigenvalue weighted by Crippen LogP contribution is 2.51. The number of nitrogens with one attached hydrogen (secondary N) is 1. The second-order valence-electron chi connectivity index (χ2n) is 4.74. The molecule has 1 nitrogen and oxygen atoms in total. The Hall–Kier alpha value is -0.250. The van der Waals surface area contributed by atoms with Crippen molar-refractivity contribution in [3.63, 3.8) is 0 Å². The minimum Gasteiger partial charge on any atom is -0.306 e. The molecule has 1 saturated carbocycles. The largest absolute Gasteiger partial charge is 0.407 e. The summed E-state index contributed by atoms with van der Waals surface area (Å²) in [7, 11) is 1.42. The molecule has 0 spiro atoms. The maximum absolute atomic E-state index is 13.0. The first-order valence-corrected chi connectivity index (χ1v) is 5.02. The molecular formula is C10H18F3N. The fourth-order valence-electron chi connectivity index (χ4n) is 2.64. The highest BCUT2D eigenvalue weighted by Gasteiger charge is 2.62. The van der Waals surface area contributed by atoms with E-state index in [1.54, 1.807) is 13.8 Å². The fourth-order valence-corrected chi connectivity index (χ4v) is 2.64. The van der Waals surface area contributed by atoms with E-state index in [2.05, 4.69) is 5.32 Å². The molecule has 0 aromatic carbocycles. The summed E-state index contributed by atoms with van der Waals surface area (Å²) < 4.78 is 39.1. The van der Waals surface area contributed by atoms with Crippen LogP contribution in [0.5, 0.6) is 0 Å². The Morgan fingerprint density at radius 3 is 1.86 bits per heavy atom. The van der Waals surface area contributed by atoms with Gasteiger partial charge in [-0.25, -0.2) is 0 Å². The summed E-state index contributed by atoms with van der Waals surface area (Å²) in [6.45, 7) is 3.41. The Morgan fingerprint density at radius 2 is 1.57 bits per heavy atom. The quantitative estimate of drug-likeness (QED) is 0.699. The molecule has 1 fully saturated rings. The van der Waals surface area contributed by atoms with Crippen LogP contribution in [0.15, 0.2) is 0 Å². The second kappa shape index (κ2) is 3.40. The van der Waals surface area contributed by atoms with Crippen molar-refractivity contribution in [2.45, 2.75) is 51.2 Å². The predicted octanol–water partition coefficient (Wildman–Crippen LogP) is 3.11. The van der Waals surface area contributed by atoms with Crippen LogP contribution in [0, 0.1) is 5.41 Å². The average Bonchev–Trinajstić information content (AvgIpc) is 2.01. The lowest BCUT2D eigenvalue weighted by Crippen LogP contribution is -2.65. The third kappa shape index (κ3) is 1.53. The van der Waals surface area contributed by atoms with Gasteiger partial charge in [-0.2, -0.15) is 13.2 Å². The zero-order chi connectivity index (χ0) is 11.0. The van der Waals surface area contributed by atoms with Crippen LogP contribution in [-0.4, -0.2) is 18.8 Å². The van der Waals surface area contributed by atoms with Gasteiger partial charge in [0.15, 0.2) is 0 Å². The van der Waals surface area contributed by atoms with Crippen LogP contribution >= 0.6 is 0 Å². The Kier molecular flexibility index (Phi) is 2.87. The molecule has 0 aliphatic heterocycles. The molecule has 14 heavy (non-hydrogen) atoms. The van der Waals surface area contributed by atoms with Gasteiger partial charge >= 0.3 is 6.18 Å². The van der Waals surface area contributed by atoms with E-state index in [1.807, 2.05) is 0 Å². The first kappa shape index (κ1) is 11.8. The summed E-state index contributed by atoms with van der Waals surface area (Å²) in [6, 6.07) is 0. The SMILES string of the molecule is CNC1(C(F)(F)F)CCCCC1(C)C. The molecule has 1 N–H and O–H groups in total. The fraction of sp³-hybridized carbons (Fsp3) is 1.00. The van der Waals surface area contributed by atoms with Gasteiger partial charge in [-0.15, -0.1) is 0 Å². The minimum atomic E-state index is -4.16. The number of alkyl halides is 3. The van der Waals surface area contributed by atoms with Crippen molar-refractivity contribution in [2.75, 3.05) is 7.05 Å². The number of hydrogen-bond donors (Lipinski definition) is 1. The molecule has 1 aliphatic carbocycles. The first-order valence-electron chi connectivity index (χ1n) is 5.02. The van der Waals surface area contributed by atoms with E-state index in [4.69, 9.17) is 0 Å². The second-order valence-corrected chi connectivity index (χ2v) is 4.74. The molecule has 1 rings (SSSR count). The number of hydrogen-bond acceptors (Lipinski definition) is 1. The smallest absolute Gasteiger partial charge is 0.306 e. The van der Waals surface area contributed by atoms with Crippen molar-refractivity contribution in [3.8, 4) is 0 Å². The van der Waals surface area contributed by atoms with E-state index in [1.165, 1.54) is 7.05 Å². The lowest BCUT2D eigenvalue weighted by molar-refractivity contribution is -0.236. The van der Waals surface area contributed by atoms with E-state index in [-0.39, 0.29) is 6.42 Å². The van der Waals surface area contributed by atoms with Crippen LogP contribution in [0.25, 0.3) is 0 Å². The number of halogens is 3. The molecule has 1 atom stereocenters. The van der Waals surface area contributed by atoms with Gasteiger partial charge < -0.3 is 5.32 Å². The van der Waals surface area contributed by atoms with Crippen molar-refractivity contribution in [3.05, 3.63) is 0 Å². The molecule has 0 saturated heterocycles. The van der Waals surface area contributed by atoms with E-state index < -0.39 is 17.1 Å². The summed E-state index contributed by atoms with van der Waals surface area (Å²) in [6.07, 6.45) is -1.78. The molecule has 0 heterocycles. The zero-order valence-corrected chi connectivity index (χ0v) is 8.96. The Balaban J connectivity index is 3.07. The van der Waals surface area contributed by atoms with Crippen molar-refractivity contribution >= 4 is 0 Å². The van der Waals surface area contributed by atoms with Crippen molar-refractivity contribution < 1.29 is 13.2 Å². The predicted molar refractivity (Wildman–Crippen MR) is 50.1 cm³/mol. The summed E-state index contributed by atoms with van der Waals surface area (Å²) in [5.41, 5.74) is -2.41.